The van der Waals surface area contributed by atoms with E-state index < -0.39 is 6.61 Å². The normalized spacial score (nSPS) is 12.3. The summed E-state index contributed by atoms with van der Waals surface area (Å²) in [5.74, 6) is -0.0207. The number of likely N-dealkylation sites (N-methyl/N-ethyl adjacent to an activating group) is 1. The van der Waals surface area contributed by atoms with Crippen molar-refractivity contribution < 1.29 is 18.3 Å². The molecule has 0 aromatic heterocycles. The van der Waals surface area contributed by atoms with E-state index in [2.05, 4.69) is 15.4 Å². The third-order valence-corrected chi connectivity index (χ3v) is 2.61. The van der Waals surface area contributed by atoms with E-state index in [-0.39, 0.29) is 24.1 Å². The Balaban J connectivity index is 2.42. The summed E-state index contributed by atoms with van der Waals surface area (Å²) in [7, 11) is 1.82. The molecule has 4 nitrogen and oxygen atoms in total. The average molecular weight is 272 g/mol. The Labute approximate surface area is 111 Å². The van der Waals surface area contributed by atoms with Crippen molar-refractivity contribution >= 4 is 5.91 Å². The smallest absolute Gasteiger partial charge is 0.387 e. The number of carbonyl (C=O) groups is 1. The van der Waals surface area contributed by atoms with Gasteiger partial charge in [-0.25, -0.2) is 0 Å². The molecule has 0 saturated carbocycles. The number of benzene rings is 1. The number of nitrogens with one attached hydrogen (secondary N) is 2. The van der Waals surface area contributed by atoms with Gasteiger partial charge < -0.3 is 15.4 Å². The van der Waals surface area contributed by atoms with Gasteiger partial charge in [-0.05, 0) is 31.7 Å². The monoisotopic (exact) mass is 272 g/mol. The average Bonchev–Trinajstić information content (AvgIpc) is 2.37. The number of halogens is 2. The first kappa shape index (κ1) is 15.4. The summed E-state index contributed by atoms with van der Waals surface area (Å²) in [5, 5.41) is 5.78. The Morgan fingerprint density at radius 2 is 1.95 bits per heavy atom. The summed E-state index contributed by atoms with van der Waals surface area (Å²) in [4.78, 5) is 11.6. The first-order chi connectivity index (χ1) is 9.01. The van der Waals surface area contributed by atoms with Crippen LogP contribution in [-0.4, -0.2) is 32.2 Å². The van der Waals surface area contributed by atoms with Crippen LogP contribution in [0, 0.1) is 0 Å². The Morgan fingerprint density at radius 1 is 1.32 bits per heavy atom. The van der Waals surface area contributed by atoms with Gasteiger partial charge in [0.15, 0.2) is 0 Å². The molecule has 0 fully saturated rings. The van der Waals surface area contributed by atoms with Gasteiger partial charge in [0.1, 0.15) is 5.75 Å². The molecule has 0 aliphatic rings. The molecular weight excluding hydrogens is 254 g/mol. The highest BCUT2D eigenvalue weighted by Crippen LogP contribution is 2.15. The van der Waals surface area contributed by atoms with Crippen molar-refractivity contribution in [3.63, 3.8) is 0 Å². The summed E-state index contributed by atoms with van der Waals surface area (Å²) >= 11 is 0. The van der Waals surface area contributed by atoms with E-state index in [1.54, 1.807) is 12.1 Å². The lowest BCUT2D eigenvalue weighted by Gasteiger charge is -2.11. The van der Waals surface area contributed by atoms with E-state index in [4.69, 9.17) is 0 Å². The maximum atomic E-state index is 11.9. The van der Waals surface area contributed by atoms with E-state index in [0.717, 1.165) is 5.56 Å². The van der Waals surface area contributed by atoms with Crippen molar-refractivity contribution in [2.75, 3.05) is 13.6 Å². The van der Waals surface area contributed by atoms with E-state index in [1.165, 1.54) is 12.1 Å². The number of ether oxygens (including phenoxy) is 1. The molecule has 1 aromatic carbocycles. The Hall–Kier alpha value is -1.69. The summed E-state index contributed by atoms with van der Waals surface area (Å²) in [5.41, 5.74) is 0.747. The van der Waals surface area contributed by atoms with Crippen LogP contribution in [0.5, 0.6) is 5.75 Å². The molecule has 0 heterocycles. The van der Waals surface area contributed by atoms with Gasteiger partial charge in [-0.3, -0.25) is 4.79 Å². The fraction of sp³-hybridized carbons (Fsp3) is 0.462. The third kappa shape index (κ3) is 6.15. The molecule has 0 radical (unpaired) electrons. The van der Waals surface area contributed by atoms with Gasteiger partial charge in [0.25, 0.3) is 0 Å². The molecule has 106 valence electrons. The predicted octanol–water partition coefficient (Wildman–Crippen LogP) is 1.55. The van der Waals surface area contributed by atoms with Crippen LogP contribution in [0.1, 0.15) is 12.5 Å². The van der Waals surface area contributed by atoms with Gasteiger partial charge in [-0.15, -0.1) is 0 Å². The second-order valence-electron chi connectivity index (χ2n) is 4.19. The number of hydrogen-bond donors (Lipinski definition) is 2. The number of rotatable bonds is 7. The molecular formula is C13H18F2N2O2. The second-order valence-corrected chi connectivity index (χ2v) is 4.19. The summed E-state index contributed by atoms with van der Waals surface area (Å²) in [6.07, 6.45) is 0.214. The molecule has 0 bridgehead atoms. The fourth-order valence-corrected chi connectivity index (χ4v) is 1.41. The van der Waals surface area contributed by atoms with Gasteiger partial charge in [0, 0.05) is 12.6 Å². The molecule has 1 aromatic rings. The zero-order chi connectivity index (χ0) is 14.3. The number of carbonyl (C=O) groups excluding carboxylic acids is 1. The first-order valence-electron chi connectivity index (χ1n) is 5.99. The van der Waals surface area contributed by atoms with Crippen molar-refractivity contribution in [1.82, 2.24) is 10.6 Å². The van der Waals surface area contributed by atoms with Gasteiger partial charge >= 0.3 is 6.61 Å². The highest BCUT2D eigenvalue weighted by Gasteiger charge is 2.07. The summed E-state index contributed by atoms with van der Waals surface area (Å²) in [6, 6.07) is 6.24. The van der Waals surface area contributed by atoms with Crippen molar-refractivity contribution in [2.45, 2.75) is 26.0 Å². The largest absolute Gasteiger partial charge is 0.435 e. The molecule has 19 heavy (non-hydrogen) atoms. The third-order valence-electron chi connectivity index (χ3n) is 2.61. The standard InChI is InChI=1S/C13H18F2N2O2/c1-9(16-2)8-17-12(18)7-10-3-5-11(6-4-10)19-13(14)15/h3-6,9,13,16H,7-8H2,1-2H3,(H,17,18). The quantitative estimate of drug-likeness (QED) is 0.792. The lowest BCUT2D eigenvalue weighted by atomic mass is 10.1. The lowest BCUT2D eigenvalue weighted by molar-refractivity contribution is -0.120. The van der Waals surface area contributed by atoms with Gasteiger partial charge in [-0.1, -0.05) is 12.1 Å². The van der Waals surface area contributed by atoms with Crippen LogP contribution < -0.4 is 15.4 Å². The minimum atomic E-state index is -2.84. The van der Waals surface area contributed by atoms with E-state index >= 15 is 0 Å². The molecule has 1 atom stereocenters. The summed E-state index contributed by atoms with van der Waals surface area (Å²) < 4.78 is 28.1. The molecule has 1 amide bonds. The minimum Gasteiger partial charge on any atom is -0.435 e. The van der Waals surface area contributed by atoms with Crippen LogP contribution in [0.2, 0.25) is 0 Å². The van der Waals surface area contributed by atoms with E-state index in [0.29, 0.717) is 6.54 Å². The molecule has 1 unspecified atom stereocenters. The zero-order valence-electron chi connectivity index (χ0n) is 11.0. The first-order valence-corrected chi connectivity index (χ1v) is 5.99. The van der Waals surface area contributed by atoms with Crippen molar-refractivity contribution in [3.05, 3.63) is 29.8 Å². The van der Waals surface area contributed by atoms with Crippen molar-refractivity contribution in [3.8, 4) is 5.75 Å². The van der Waals surface area contributed by atoms with Gasteiger partial charge in [-0.2, -0.15) is 8.78 Å². The highest BCUT2D eigenvalue weighted by atomic mass is 19.3. The van der Waals surface area contributed by atoms with Crippen LogP contribution in [0.4, 0.5) is 8.78 Å². The Morgan fingerprint density at radius 3 is 2.47 bits per heavy atom. The van der Waals surface area contributed by atoms with Crippen LogP contribution in [-0.2, 0) is 11.2 Å². The number of hydrogen-bond acceptors (Lipinski definition) is 3. The van der Waals surface area contributed by atoms with Gasteiger partial charge in [0.2, 0.25) is 5.91 Å². The number of amides is 1. The van der Waals surface area contributed by atoms with Crippen LogP contribution in [0.25, 0.3) is 0 Å². The molecule has 0 aliphatic heterocycles. The van der Waals surface area contributed by atoms with Crippen LogP contribution in [0.15, 0.2) is 24.3 Å². The van der Waals surface area contributed by atoms with E-state index in [1.807, 2.05) is 14.0 Å². The Bertz CT molecular complexity index is 396. The molecule has 0 saturated heterocycles. The fourth-order valence-electron chi connectivity index (χ4n) is 1.41. The van der Waals surface area contributed by atoms with Crippen LogP contribution >= 0.6 is 0 Å². The minimum absolute atomic E-state index is 0.0861. The topological polar surface area (TPSA) is 50.4 Å². The molecule has 0 aliphatic carbocycles. The SMILES string of the molecule is CNC(C)CNC(=O)Cc1ccc(OC(F)F)cc1. The molecule has 0 spiro atoms. The van der Waals surface area contributed by atoms with E-state index in [9.17, 15) is 13.6 Å². The molecule has 6 heteroatoms. The van der Waals surface area contributed by atoms with Crippen molar-refractivity contribution in [2.24, 2.45) is 0 Å². The maximum absolute atomic E-state index is 11.9. The maximum Gasteiger partial charge on any atom is 0.387 e. The summed E-state index contributed by atoms with van der Waals surface area (Å²) in [6.45, 7) is -0.337. The van der Waals surface area contributed by atoms with Crippen LogP contribution in [0.3, 0.4) is 0 Å². The zero-order valence-corrected chi connectivity index (χ0v) is 11.0. The highest BCUT2D eigenvalue weighted by molar-refractivity contribution is 5.78. The molecule has 2 N–H and O–H groups in total. The number of alkyl halides is 2. The van der Waals surface area contributed by atoms with Crippen molar-refractivity contribution in [1.29, 1.82) is 0 Å². The van der Waals surface area contributed by atoms with Gasteiger partial charge in [0.05, 0.1) is 6.42 Å². The lowest BCUT2D eigenvalue weighted by Crippen LogP contribution is -2.37. The predicted molar refractivity (Wildman–Crippen MR) is 68.3 cm³/mol. The Kier molecular flexibility index (Phi) is 6.21. The molecule has 1 rings (SSSR count). The second kappa shape index (κ2) is 7.68.